The maximum absolute atomic E-state index is 10.8. The van der Waals surface area contributed by atoms with Crippen LogP contribution in [0.15, 0.2) is 42.5 Å². The molecule has 4 heteroatoms. The van der Waals surface area contributed by atoms with Gasteiger partial charge in [0.15, 0.2) is 11.5 Å². The van der Waals surface area contributed by atoms with E-state index in [1.165, 1.54) is 68.3 Å². The fourth-order valence-corrected chi connectivity index (χ4v) is 8.94. The van der Waals surface area contributed by atoms with Crippen LogP contribution in [0.25, 0.3) is 0 Å². The van der Waals surface area contributed by atoms with Crippen molar-refractivity contribution in [2.24, 2.45) is 17.3 Å². The number of likely N-dealkylation sites (tertiary alicyclic amines) is 1. The van der Waals surface area contributed by atoms with Crippen molar-refractivity contribution in [3.63, 3.8) is 0 Å². The van der Waals surface area contributed by atoms with Crippen LogP contribution in [-0.2, 0) is 23.0 Å². The summed E-state index contributed by atoms with van der Waals surface area (Å²) in [4.78, 5) is 2.86. The Balaban J connectivity index is 1.11. The number of benzene rings is 2. The third-order valence-electron chi connectivity index (χ3n) is 10.8. The molecule has 4 fully saturated rings. The molecular weight excluding hydrogens is 434 g/mol. The van der Waals surface area contributed by atoms with Gasteiger partial charge in [-0.2, -0.15) is 0 Å². The lowest BCUT2D eigenvalue weighted by Gasteiger charge is -2.67. The molecule has 6 aliphatic rings. The van der Waals surface area contributed by atoms with Crippen LogP contribution < -0.4 is 4.74 Å². The smallest absolute Gasteiger partial charge is 0.165 e. The minimum absolute atomic E-state index is 0.0327. The van der Waals surface area contributed by atoms with Gasteiger partial charge in [0, 0.05) is 29.0 Å². The van der Waals surface area contributed by atoms with Crippen LogP contribution in [0.5, 0.6) is 11.5 Å². The van der Waals surface area contributed by atoms with Gasteiger partial charge in [0.2, 0.25) is 0 Å². The highest BCUT2D eigenvalue weighted by atomic mass is 16.6. The molecule has 1 spiro atoms. The summed E-state index contributed by atoms with van der Waals surface area (Å²) in [6.07, 6.45) is 11.5. The molecular formula is C31H37NO3. The van der Waals surface area contributed by atoms with Gasteiger partial charge in [0.25, 0.3) is 0 Å². The summed E-state index contributed by atoms with van der Waals surface area (Å²) in [6.45, 7) is 3.34. The summed E-state index contributed by atoms with van der Waals surface area (Å²) in [5.74, 6) is 2.66. The van der Waals surface area contributed by atoms with E-state index in [9.17, 15) is 5.11 Å². The van der Waals surface area contributed by atoms with Crippen molar-refractivity contribution in [3.05, 3.63) is 59.2 Å². The maximum atomic E-state index is 10.8. The van der Waals surface area contributed by atoms with Gasteiger partial charge < -0.3 is 14.6 Å². The van der Waals surface area contributed by atoms with E-state index in [1.54, 1.807) is 0 Å². The van der Waals surface area contributed by atoms with Crippen LogP contribution in [0.2, 0.25) is 0 Å². The van der Waals surface area contributed by atoms with E-state index in [-0.39, 0.29) is 23.0 Å². The molecule has 4 nitrogen and oxygen atoms in total. The Morgan fingerprint density at radius 1 is 1.03 bits per heavy atom. The van der Waals surface area contributed by atoms with Crippen LogP contribution >= 0.6 is 0 Å². The molecule has 2 saturated carbocycles. The second kappa shape index (κ2) is 7.49. The molecule has 2 aromatic carbocycles. The largest absolute Gasteiger partial charge is 0.504 e. The van der Waals surface area contributed by atoms with Gasteiger partial charge in [-0.05, 0) is 86.9 Å². The standard InChI is InChI=1S/C31H37NO3/c33-25-12-11-22-16-24-23-17-30(13-5-4-8-20-6-2-1-3-7-20)19-34-28(30)29-31(23,26(22)27(25)35-29)14-15-32(24)18-21-9-10-21/h1-3,6-7,11-12,21,23-24,28-29,33H,4-5,8-10,13-19H2/t23?,24?,28-,29?,30-,31?/m1/s1. The number of hydrogen-bond acceptors (Lipinski definition) is 4. The number of unbranched alkanes of at least 4 members (excludes halogenated alkanes) is 1. The second-order valence-electron chi connectivity index (χ2n) is 12.6. The number of aryl methyl sites for hydroxylation is 1. The van der Waals surface area contributed by atoms with Gasteiger partial charge in [-0.3, -0.25) is 4.90 Å². The number of rotatable bonds is 7. The van der Waals surface area contributed by atoms with Crippen molar-refractivity contribution >= 4 is 0 Å². The number of nitrogens with zero attached hydrogens (tertiary/aromatic N) is 1. The zero-order valence-corrected chi connectivity index (χ0v) is 20.6. The lowest BCUT2D eigenvalue weighted by Crippen LogP contribution is -2.75. The first-order valence-electron chi connectivity index (χ1n) is 14.1. The first kappa shape index (κ1) is 21.1. The zero-order valence-electron chi connectivity index (χ0n) is 20.6. The molecule has 3 aliphatic carbocycles. The molecule has 4 unspecified atom stereocenters. The Morgan fingerprint density at radius 3 is 2.71 bits per heavy atom. The Hall–Kier alpha value is -2.04. The minimum Gasteiger partial charge on any atom is -0.504 e. The summed E-state index contributed by atoms with van der Waals surface area (Å²) < 4.78 is 13.2. The lowest BCUT2D eigenvalue weighted by atomic mass is 9.45. The van der Waals surface area contributed by atoms with Crippen molar-refractivity contribution in [2.75, 3.05) is 19.7 Å². The van der Waals surface area contributed by atoms with E-state index < -0.39 is 0 Å². The number of fused-ring (bicyclic) bond motifs is 2. The Kier molecular flexibility index (Phi) is 4.51. The van der Waals surface area contributed by atoms with Gasteiger partial charge in [-0.25, -0.2) is 0 Å². The molecule has 184 valence electrons. The van der Waals surface area contributed by atoms with E-state index in [0.29, 0.717) is 17.7 Å². The molecule has 0 amide bonds. The summed E-state index contributed by atoms with van der Waals surface area (Å²) >= 11 is 0. The Bertz CT molecular complexity index is 1150. The quantitative estimate of drug-likeness (QED) is 0.560. The normalized spacial score (nSPS) is 38.3. The van der Waals surface area contributed by atoms with Crippen LogP contribution in [-0.4, -0.2) is 48.0 Å². The van der Waals surface area contributed by atoms with Crippen molar-refractivity contribution < 1.29 is 14.6 Å². The third-order valence-corrected chi connectivity index (χ3v) is 10.8. The summed E-state index contributed by atoms with van der Waals surface area (Å²) in [7, 11) is 0. The van der Waals surface area contributed by atoms with Crippen molar-refractivity contribution in [2.45, 2.75) is 81.5 Å². The fraction of sp³-hybridized carbons (Fsp3) is 0.613. The van der Waals surface area contributed by atoms with E-state index in [2.05, 4.69) is 41.3 Å². The van der Waals surface area contributed by atoms with Gasteiger partial charge >= 0.3 is 0 Å². The number of phenols is 1. The molecule has 2 saturated heterocycles. The first-order valence-corrected chi connectivity index (χ1v) is 14.1. The third kappa shape index (κ3) is 2.93. The summed E-state index contributed by atoms with van der Waals surface area (Å²) in [5, 5.41) is 10.8. The molecule has 1 N–H and O–H groups in total. The van der Waals surface area contributed by atoms with Crippen molar-refractivity contribution in [3.8, 4) is 11.5 Å². The first-order chi connectivity index (χ1) is 17.2. The fourth-order valence-electron chi connectivity index (χ4n) is 8.94. The lowest BCUT2D eigenvalue weighted by molar-refractivity contribution is -0.280. The highest BCUT2D eigenvalue weighted by Crippen LogP contribution is 2.69. The van der Waals surface area contributed by atoms with Crippen LogP contribution in [0.3, 0.4) is 0 Å². The average molecular weight is 472 g/mol. The van der Waals surface area contributed by atoms with E-state index in [0.717, 1.165) is 37.5 Å². The molecule has 6 atom stereocenters. The topological polar surface area (TPSA) is 41.9 Å². The molecule has 8 rings (SSSR count). The predicted octanol–water partition coefficient (Wildman–Crippen LogP) is 5.25. The maximum Gasteiger partial charge on any atom is 0.165 e. The molecule has 2 bridgehead atoms. The molecule has 0 aromatic heterocycles. The molecule has 3 aliphatic heterocycles. The number of ether oxygens (including phenoxy) is 2. The Morgan fingerprint density at radius 2 is 1.91 bits per heavy atom. The molecule has 3 heterocycles. The van der Waals surface area contributed by atoms with Crippen LogP contribution in [0.4, 0.5) is 0 Å². The minimum atomic E-state index is 0.0327. The summed E-state index contributed by atoms with van der Waals surface area (Å²) in [6, 6.07) is 15.6. The monoisotopic (exact) mass is 471 g/mol. The van der Waals surface area contributed by atoms with Crippen LogP contribution in [0, 0.1) is 17.3 Å². The van der Waals surface area contributed by atoms with Gasteiger partial charge in [0.1, 0.15) is 12.2 Å². The van der Waals surface area contributed by atoms with E-state index >= 15 is 0 Å². The molecule has 2 aromatic rings. The van der Waals surface area contributed by atoms with Crippen LogP contribution in [0.1, 0.15) is 61.6 Å². The number of piperidine rings is 1. The molecule has 0 radical (unpaired) electrons. The molecule has 35 heavy (non-hydrogen) atoms. The number of aromatic hydroxyl groups is 1. The Labute approximate surface area is 208 Å². The van der Waals surface area contributed by atoms with E-state index in [1.807, 2.05) is 6.07 Å². The van der Waals surface area contributed by atoms with E-state index in [4.69, 9.17) is 9.47 Å². The zero-order chi connectivity index (χ0) is 23.2. The van der Waals surface area contributed by atoms with Gasteiger partial charge in [-0.1, -0.05) is 42.8 Å². The number of phenolic OH excluding ortho intramolecular Hbond substituents is 1. The van der Waals surface area contributed by atoms with Gasteiger partial charge in [0.05, 0.1) is 6.61 Å². The second-order valence-corrected chi connectivity index (χ2v) is 12.6. The predicted molar refractivity (Wildman–Crippen MR) is 135 cm³/mol. The average Bonchev–Trinajstić information content (AvgIpc) is 3.61. The highest BCUT2D eigenvalue weighted by Gasteiger charge is 2.73. The SMILES string of the molecule is Oc1ccc2c3c1OC1[C@H]4OC[C@@]4(CCCCc4ccccc4)CC4C(C2)N(CC2CC2)CCC341. The van der Waals surface area contributed by atoms with Crippen molar-refractivity contribution in [1.82, 2.24) is 4.90 Å². The summed E-state index contributed by atoms with van der Waals surface area (Å²) in [5.41, 5.74) is 4.51. The highest BCUT2D eigenvalue weighted by molar-refractivity contribution is 5.61. The van der Waals surface area contributed by atoms with Gasteiger partial charge in [-0.15, -0.1) is 0 Å². The number of hydrogen-bond donors (Lipinski definition) is 1. The van der Waals surface area contributed by atoms with Crippen molar-refractivity contribution in [1.29, 1.82) is 0 Å².